The summed E-state index contributed by atoms with van der Waals surface area (Å²) in [6, 6.07) is 6.54. The molecular weight excluding hydrogens is 272 g/mol. The molecule has 1 N–H and O–H groups in total. The maximum Gasteiger partial charge on any atom is 0.330 e. The molecule has 21 heavy (non-hydrogen) atoms. The number of rotatable bonds is 6. The van der Waals surface area contributed by atoms with E-state index in [1.54, 1.807) is 31.3 Å². The van der Waals surface area contributed by atoms with Gasteiger partial charge in [-0.3, -0.25) is 9.59 Å². The normalized spacial score (nSPS) is 9.62. The van der Waals surface area contributed by atoms with Crippen molar-refractivity contribution in [1.82, 2.24) is 10.2 Å². The third-order valence-electron chi connectivity index (χ3n) is 2.81. The second kappa shape index (κ2) is 7.84. The second-order valence-electron chi connectivity index (χ2n) is 4.22. The first-order valence-corrected chi connectivity index (χ1v) is 6.37. The first-order valence-electron chi connectivity index (χ1n) is 6.37. The highest BCUT2D eigenvalue weighted by molar-refractivity contribution is 6.07. The molecule has 0 spiro atoms. The Bertz CT molecular complexity index is 554. The predicted octanol–water partition coefficient (Wildman–Crippen LogP) is 0.847. The van der Waals surface area contributed by atoms with Crippen molar-refractivity contribution in [2.24, 2.45) is 0 Å². The Morgan fingerprint density at radius 1 is 1.29 bits per heavy atom. The van der Waals surface area contributed by atoms with Crippen LogP contribution in [0.1, 0.15) is 20.7 Å². The lowest BCUT2D eigenvalue weighted by atomic mass is 10.1. The Morgan fingerprint density at radius 3 is 2.48 bits per heavy atom. The van der Waals surface area contributed by atoms with Crippen molar-refractivity contribution in [2.75, 3.05) is 27.2 Å². The van der Waals surface area contributed by atoms with E-state index in [1.807, 2.05) is 0 Å². The van der Waals surface area contributed by atoms with Crippen LogP contribution in [0.2, 0.25) is 0 Å². The van der Waals surface area contributed by atoms with Crippen LogP contribution in [-0.4, -0.2) is 49.9 Å². The average molecular weight is 290 g/mol. The summed E-state index contributed by atoms with van der Waals surface area (Å²) in [5.74, 6) is -1.18. The number of amides is 2. The summed E-state index contributed by atoms with van der Waals surface area (Å²) < 4.78 is 4.82. The predicted molar refractivity (Wildman–Crippen MR) is 77.9 cm³/mol. The Hall–Kier alpha value is -2.63. The van der Waals surface area contributed by atoms with E-state index in [-0.39, 0.29) is 25.0 Å². The number of likely N-dealkylation sites (N-methyl/N-ethyl adjacent to an activating group) is 1. The van der Waals surface area contributed by atoms with Crippen LogP contribution in [0.5, 0.6) is 0 Å². The van der Waals surface area contributed by atoms with Gasteiger partial charge in [0.1, 0.15) is 6.61 Å². The maximum absolute atomic E-state index is 12.3. The lowest BCUT2D eigenvalue weighted by Gasteiger charge is -2.18. The van der Waals surface area contributed by atoms with Crippen molar-refractivity contribution >= 4 is 17.8 Å². The number of nitrogens with zero attached hydrogens (tertiary/aromatic N) is 1. The highest BCUT2D eigenvalue weighted by Crippen LogP contribution is 2.11. The fraction of sp³-hybridized carbons (Fsp3) is 0.267. The van der Waals surface area contributed by atoms with Crippen LogP contribution in [0, 0.1) is 0 Å². The zero-order chi connectivity index (χ0) is 15.8. The van der Waals surface area contributed by atoms with Crippen molar-refractivity contribution in [3.63, 3.8) is 0 Å². The van der Waals surface area contributed by atoms with E-state index in [1.165, 1.54) is 11.9 Å². The van der Waals surface area contributed by atoms with Crippen LogP contribution in [0.3, 0.4) is 0 Å². The Morgan fingerprint density at radius 2 is 1.90 bits per heavy atom. The molecule has 0 aliphatic carbocycles. The molecule has 1 aromatic rings. The fourth-order valence-corrected chi connectivity index (χ4v) is 1.65. The summed E-state index contributed by atoms with van der Waals surface area (Å²) in [4.78, 5) is 36.4. The van der Waals surface area contributed by atoms with Gasteiger partial charge in [0.15, 0.2) is 0 Å². The molecule has 0 heterocycles. The molecule has 0 aliphatic rings. The molecule has 6 heteroatoms. The van der Waals surface area contributed by atoms with Crippen LogP contribution in [0.15, 0.2) is 36.9 Å². The van der Waals surface area contributed by atoms with Gasteiger partial charge < -0.3 is 15.0 Å². The summed E-state index contributed by atoms with van der Waals surface area (Å²) in [6.07, 6.45) is 1.06. The average Bonchev–Trinajstić information content (AvgIpc) is 2.52. The summed E-state index contributed by atoms with van der Waals surface area (Å²) in [7, 11) is 3.08. The zero-order valence-electron chi connectivity index (χ0n) is 12.1. The standard InChI is InChI=1S/C15H18N2O4/c1-4-13(18)21-10-9-17(3)15(20)12-8-6-5-7-11(12)14(19)16-2/h4-8H,1,9-10H2,2-3H3,(H,16,19). The highest BCUT2D eigenvalue weighted by atomic mass is 16.5. The first-order chi connectivity index (χ1) is 10.0. The van der Waals surface area contributed by atoms with Crippen molar-refractivity contribution in [1.29, 1.82) is 0 Å². The second-order valence-corrected chi connectivity index (χ2v) is 4.22. The molecule has 0 aliphatic heterocycles. The summed E-state index contributed by atoms with van der Waals surface area (Å²) in [5, 5.41) is 2.49. The molecule has 0 saturated heterocycles. The van der Waals surface area contributed by atoms with Gasteiger partial charge >= 0.3 is 5.97 Å². The number of ether oxygens (including phenoxy) is 1. The minimum absolute atomic E-state index is 0.0647. The van der Waals surface area contributed by atoms with Gasteiger partial charge in [-0.25, -0.2) is 4.79 Å². The van der Waals surface area contributed by atoms with Gasteiger partial charge in [-0.2, -0.15) is 0 Å². The van der Waals surface area contributed by atoms with E-state index >= 15 is 0 Å². The number of benzene rings is 1. The topological polar surface area (TPSA) is 75.7 Å². The van der Waals surface area contributed by atoms with Crippen LogP contribution < -0.4 is 5.32 Å². The van der Waals surface area contributed by atoms with Gasteiger partial charge in [0.25, 0.3) is 11.8 Å². The van der Waals surface area contributed by atoms with Crippen molar-refractivity contribution < 1.29 is 19.1 Å². The Kier molecular flexibility index (Phi) is 6.13. The summed E-state index contributed by atoms with van der Waals surface area (Å²) >= 11 is 0. The highest BCUT2D eigenvalue weighted by Gasteiger charge is 2.18. The molecule has 1 aromatic carbocycles. The minimum atomic E-state index is -0.540. The third-order valence-corrected chi connectivity index (χ3v) is 2.81. The quantitative estimate of drug-likeness (QED) is 0.622. The van der Waals surface area contributed by atoms with Crippen molar-refractivity contribution in [3.05, 3.63) is 48.0 Å². The number of hydrogen-bond donors (Lipinski definition) is 1. The van der Waals surface area contributed by atoms with Gasteiger partial charge in [-0.1, -0.05) is 18.7 Å². The largest absolute Gasteiger partial charge is 0.461 e. The van der Waals surface area contributed by atoms with Gasteiger partial charge in [0.05, 0.1) is 17.7 Å². The minimum Gasteiger partial charge on any atom is -0.461 e. The van der Waals surface area contributed by atoms with Crippen LogP contribution in [-0.2, 0) is 9.53 Å². The van der Waals surface area contributed by atoms with Gasteiger partial charge in [0.2, 0.25) is 0 Å². The van der Waals surface area contributed by atoms with E-state index < -0.39 is 5.97 Å². The first kappa shape index (κ1) is 16.4. The zero-order valence-corrected chi connectivity index (χ0v) is 12.1. The molecule has 0 radical (unpaired) electrons. The van der Waals surface area contributed by atoms with Gasteiger partial charge in [-0.15, -0.1) is 0 Å². The number of carbonyl (C=O) groups is 3. The molecule has 1 rings (SSSR count). The Balaban J connectivity index is 2.76. The van der Waals surface area contributed by atoms with Crippen LogP contribution >= 0.6 is 0 Å². The lowest BCUT2D eigenvalue weighted by molar-refractivity contribution is -0.137. The van der Waals surface area contributed by atoms with Crippen molar-refractivity contribution in [3.8, 4) is 0 Å². The summed E-state index contributed by atoms with van der Waals surface area (Å²) in [6.45, 7) is 3.57. The molecule has 2 amide bonds. The maximum atomic E-state index is 12.3. The van der Waals surface area contributed by atoms with E-state index in [4.69, 9.17) is 4.74 Å². The van der Waals surface area contributed by atoms with Crippen LogP contribution in [0.4, 0.5) is 0 Å². The number of esters is 1. The molecule has 0 fully saturated rings. The Labute approximate surface area is 123 Å². The van der Waals surface area contributed by atoms with E-state index in [2.05, 4.69) is 11.9 Å². The molecule has 0 bridgehead atoms. The molecular formula is C15H18N2O4. The van der Waals surface area contributed by atoms with E-state index in [0.717, 1.165) is 6.08 Å². The molecule has 6 nitrogen and oxygen atoms in total. The fourth-order valence-electron chi connectivity index (χ4n) is 1.65. The van der Waals surface area contributed by atoms with Crippen molar-refractivity contribution in [2.45, 2.75) is 0 Å². The molecule has 0 aromatic heterocycles. The number of hydrogen-bond acceptors (Lipinski definition) is 4. The lowest BCUT2D eigenvalue weighted by Crippen LogP contribution is -2.32. The monoisotopic (exact) mass is 290 g/mol. The third kappa shape index (κ3) is 4.45. The number of carbonyl (C=O) groups excluding carboxylic acids is 3. The number of nitrogens with one attached hydrogen (secondary N) is 1. The summed E-state index contributed by atoms with van der Waals surface area (Å²) in [5.41, 5.74) is 0.606. The smallest absolute Gasteiger partial charge is 0.330 e. The van der Waals surface area contributed by atoms with Gasteiger partial charge in [-0.05, 0) is 12.1 Å². The molecule has 0 atom stereocenters. The molecule has 112 valence electrons. The SMILES string of the molecule is C=CC(=O)OCCN(C)C(=O)c1ccccc1C(=O)NC. The van der Waals surface area contributed by atoms with Crippen LogP contribution in [0.25, 0.3) is 0 Å². The van der Waals surface area contributed by atoms with E-state index in [0.29, 0.717) is 11.1 Å². The van der Waals surface area contributed by atoms with Gasteiger partial charge in [0, 0.05) is 20.2 Å². The molecule has 0 saturated carbocycles. The molecule has 0 unspecified atom stereocenters. The van der Waals surface area contributed by atoms with E-state index in [9.17, 15) is 14.4 Å².